The zero-order valence-corrected chi connectivity index (χ0v) is 47.4. The van der Waals surface area contributed by atoms with Crippen molar-refractivity contribution in [3.8, 4) is 10.4 Å². The van der Waals surface area contributed by atoms with Gasteiger partial charge in [-0.05, 0) is 109 Å². The van der Waals surface area contributed by atoms with Gasteiger partial charge >= 0.3 is 0 Å². The number of nitrogens with zero attached hydrogens (tertiary/aromatic N) is 5. The summed E-state index contributed by atoms with van der Waals surface area (Å²) >= 11 is 1.57. The van der Waals surface area contributed by atoms with E-state index in [1.807, 2.05) is 98.8 Å². The van der Waals surface area contributed by atoms with E-state index in [0.717, 1.165) is 77.5 Å². The van der Waals surface area contributed by atoms with Crippen molar-refractivity contribution >= 4 is 69.0 Å². The molecular formula is C61H74F2N10O7S. The Bertz CT molecular complexity index is 3160. The predicted molar refractivity (Wildman–Crippen MR) is 310 cm³/mol. The summed E-state index contributed by atoms with van der Waals surface area (Å²) in [6.45, 7) is 11.5. The number of aryl methyl sites for hydroxylation is 1. The summed E-state index contributed by atoms with van der Waals surface area (Å²) in [4.78, 5) is 79.4. The van der Waals surface area contributed by atoms with Crippen molar-refractivity contribution in [1.82, 2.24) is 35.6 Å². The van der Waals surface area contributed by atoms with Crippen molar-refractivity contribution in [3.63, 3.8) is 0 Å². The molecule has 3 atom stereocenters. The standard InChI is InChI=1S/C61H74F2N10O7S/c1-38-55(81-37-65-38)42-15-12-39(13-16-42)35-64-59(78)52-34-47(74)36-73(52)60(79)56(61(2,3)4)67-53(75)10-8-6-5-7-9-11-54(76)72-24-22-71(23-25-72)46-17-18-48(51(33-46)66-45-20-26-80-27-21-45)58(77)68-57-49-31-40(14-19-50(49)69-70-57)28-41-29-43(62)32-44(63)30-41/h12-19,29-33,37,45,47,52,56,66,74H,5-11,20-28,34-36H2,1-4H3,(H,64,78)(H,67,75)(H2,68,69,70,77)/t47-,52+,56-/m1/s1. The number of hydrogen-bond donors (Lipinski definition) is 6. The lowest BCUT2D eigenvalue weighted by Gasteiger charge is -2.36. The van der Waals surface area contributed by atoms with Crippen LogP contribution in [0.15, 0.2) is 84.4 Å². The Hall–Kier alpha value is -7.29. The molecule has 0 spiro atoms. The number of halogens is 2. The van der Waals surface area contributed by atoms with Gasteiger partial charge in [-0.1, -0.05) is 70.4 Å². The van der Waals surface area contributed by atoms with Gasteiger partial charge in [-0.2, -0.15) is 5.10 Å². The first-order valence-corrected chi connectivity index (χ1v) is 29.1. The van der Waals surface area contributed by atoms with Gasteiger partial charge in [-0.3, -0.25) is 29.1 Å². The van der Waals surface area contributed by atoms with Crippen LogP contribution in [-0.4, -0.2) is 130 Å². The number of carbonyl (C=O) groups is 5. The van der Waals surface area contributed by atoms with E-state index in [1.165, 1.54) is 17.0 Å². The van der Waals surface area contributed by atoms with Gasteiger partial charge in [0.2, 0.25) is 23.6 Å². The average Bonchev–Trinajstić information content (AvgIpc) is 4.19. The third-order valence-electron chi connectivity index (χ3n) is 15.5. The number of likely N-dealkylation sites (tertiary alicyclic amines) is 1. The number of anilines is 3. The number of rotatable bonds is 21. The summed E-state index contributed by atoms with van der Waals surface area (Å²) in [6.07, 6.45) is 5.62. The maximum Gasteiger partial charge on any atom is 0.258 e. The summed E-state index contributed by atoms with van der Waals surface area (Å²) in [5, 5.41) is 31.2. The normalized spacial score (nSPS) is 17.3. The maximum absolute atomic E-state index is 14.1. The molecule has 9 rings (SSSR count). The smallest absolute Gasteiger partial charge is 0.258 e. The predicted octanol–water partition coefficient (Wildman–Crippen LogP) is 8.90. The topological polar surface area (TPSA) is 214 Å². The first-order valence-electron chi connectivity index (χ1n) is 28.2. The highest BCUT2D eigenvalue weighted by Crippen LogP contribution is 2.32. The van der Waals surface area contributed by atoms with Crippen LogP contribution in [0.1, 0.15) is 118 Å². The van der Waals surface area contributed by atoms with Crippen molar-refractivity contribution in [2.75, 3.05) is 61.5 Å². The minimum atomic E-state index is -0.901. The summed E-state index contributed by atoms with van der Waals surface area (Å²) in [5.74, 6) is -2.20. The molecule has 0 bridgehead atoms. The number of thiazole rings is 1. The van der Waals surface area contributed by atoms with E-state index in [-0.39, 0.29) is 55.6 Å². The fraction of sp³-hybridized carbons (Fsp3) is 0.459. The molecule has 0 unspecified atom stereocenters. The van der Waals surface area contributed by atoms with Crippen LogP contribution < -0.4 is 26.2 Å². The third kappa shape index (κ3) is 15.2. The van der Waals surface area contributed by atoms with Crippen LogP contribution in [0, 0.1) is 24.0 Å². The van der Waals surface area contributed by atoms with E-state index in [9.17, 15) is 37.9 Å². The molecule has 20 heteroatoms. The first kappa shape index (κ1) is 58.4. The van der Waals surface area contributed by atoms with E-state index in [2.05, 4.69) is 41.3 Å². The number of β-amino-alcohol motifs (C(OH)–C–C–N with tert-alkyl or cyclic N) is 1. The Morgan fingerprint density at radius 2 is 1.54 bits per heavy atom. The van der Waals surface area contributed by atoms with Crippen molar-refractivity contribution in [2.45, 2.75) is 129 Å². The van der Waals surface area contributed by atoms with Gasteiger partial charge in [0.1, 0.15) is 23.7 Å². The number of aliphatic hydroxyl groups is 1. The number of piperazine rings is 1. The van der Waals surface area contributed by atoms with E-state index in [1.54, 1.807) is 11.3 Å². The van der Waals surface area contributed by atoms with Crippen molar-refractivity contribution in [1.29, 1.82) is 0 Å². The fourth-order valence-electron chi connectivity index (χ4n) is 11.0. The number of nitrogens with one attached hydrogen (secondary N) is 5. The molecule has 81 heavy (non-hydrogen) atoms. The quantitative estimate of drug-likeness (QED) is 0.0375. The molecular weight excluding hydrogens is 1050 g/mol. The summed E-state index contributed by atoms with van der Waals surface area (Å²) < 4.78 is 33.5. The van der Waals surface area contributed by atoms with Crippen LogP contribution in [-0.2, 0) is 36.9 Å². The lowest BCUT2D eigenvalue weighted by atomic mass is 9.85. The highest BCUT2D eigenvalue weighted by Gasteiger charge is 2.44. The lowest BCUT2D eigenvalue weighted by Crippen LogP contribution is -2.57. The highest BCUT2D eigenvalue weighted by molar-refractivity contribution is 7.13. The van der Waals surface area contributed by atoms with Crippen LogP contribution in [0.4, 0.5) is 26.0 Å². The lowest BCUT2D eigenvalue weighted by molar-refractivity contribution is -0.144. The SMILES string of the molecule is Cc1ncsc1-c1ccc(CNC(=O)[C@@H]2C[C@@H](O)CN2C(=O)[C@@H](NC(=O)CCCCCCCC(=O)N2CCN(c3ccc(C(=O)Nc4n[nH]c5ccc(Cc6cc(F)cc(F)c6)cc45)c(NC4CCOCC4)c3)CC2)C(C)(C)C)cc1. The Balaban J connectivity index is 0.704. The van der Waals surface area contributed by atoms with Gasteiger partial charge < -0.3 is 45.8 Å². The van der Waals surface area contributed by atoms with Gasteiger partial charge in [0.15, 0.2) is 5.82 Å². The molecule has 6 N–H and O–H groups in total. The first-order chi connectivity index (χ1) is 38.9. The number of ether oxygens (including phenoxy) is 1. The number of H-pyrrole nitrogens is 1. The zero-order chi connectivity index (χ0) is 57.2. The molecule has 0 aliphatic carbocycles. The average molecular weight is 1130 g/mol. The number of unbranched alkanes of at least 4 members (excludes halogenated alkanes) is 4. The Labute approximate surface area is 475 Å². The largest absolute Gasteiger partial charge is 0.391 e. The van der Waals surface area contributed by atoms with Gasteiger partial charge in [0.05, 0.1) is 33.3 Å². The van der Waals surface area contributed by atoms with E-state index < -0.39 is 41.1 Å². The third-order valence-corrected chi connectivity index (χ3v) is 16.5. The minimum Gasteiger partial charge on any atom is -0.391 e. The molecule has 6 aromatic rings. The second-order valence-corrected chi connectivity index (χ2v) is 23.6. The molecule has 3 saturated heterocycles. The second kappa shape index (κ2) is 26.5. The molecule has 4 aromatic carbocycles. The number of benzene rings is 4. The van der Waals surface area contributed by atoms with Gasteiger partial charge in [0.25, 0.3) is 5.91 Å². The number of carbonyl (C=O) groups excluding carboxylic acids is 5. The summed E-state index contributed by atoms with van der Waals surface area (Å²) in [7, 11) is 0. The number of amides is 5. The van der Waals surface area contributed by atoms with Crippen molar-refractivity contribution in [2.24, 2.45) is 5.41 Å². The molecule has 5 heterocycles. The molecule has 3 aliphatic rings. The van der Waals surface area contributed by atoms with E-state index in [4.69, 9.17) is 4.74 Å². The van der Waals surface area contributed by atoms with Crippen LogP contribution in [0.5, 0.6) is 0 Å². The number of hydrogen-bond acceptors (Lipinski definition) is 12. The molecule has 17 nitrogen and oxygen atoms in total. The van der Waals surface area contributed by atoms with Gasteiger partial charge in [-0.25, -0.2) is 13.8 Å². The second-order valence-electron chi connectivity index (χ2n) is 22.7. The van der Waals surface area contributed by atoms with Gasteiger partial charge in [-0.15, -0.1) is 11.3 Å². The van der Waals surface area contributed by atoms with E-state index >= 15 is 0 Å². The molecule has 0 radical (unpaired) electrons. The van der Waals surface area contributed by atoms with Crippen LogP contribution in [0.25, 0.3) is 21.3 Å². The molecule has 3 fully saturated rings. The number of aromatic nitrogens is 3. The number of fused-ring (bicyclic) bond motifs is 1. The van der Waals surface area contributed by atoms with Gasteiger partial charge in [0, 0.05) is 101 Å². The molecule has 430 valence electrons. The number of aliphatic hydroxyl groups excluding tert-OH is 1. The molecule has 5 amide bonds. The summed E-state index contributed by atoms with van der Waals surface area (Å²) in [6, 6.07) is 20.9. The zero-order valence-electron chi connectivity index (χ0n) is 46.6. The summed E-state index contributed by atoms with van der Waals surface area (Å²) in [5.41, 5.74) is 8.10. The fourth-order valence-corrected chi connectivity index (χ4v) is 11.8. The molecule has 3 aliphatic heterocycles. The monoisotopic (exact) mass is 1130 g/mol. The number of aromatic amines is 1. The van der Waals surface area contributed by atoms with Crippen molar-refractivity contribution in [3.05, 3.63) is 124 Å². The van der Waals surface area contributed by atoms with Crippen LogP contribution in [0.3, 0.4) is 0 Å². The van der Waals surface area contributed by atoms with E-state index in [0.29, 0.717) is 92.2 Å². The van der Waals surface area contributed by atoms with Crippen LogP contribution >= 0.6 is 11.3 Å². The Kier molecular flexibility index (Phi) is 19.1. The minimum absolute atomic E-state index is 0.00110. The Morgan fingerprint density at radius 1 is 0.840 bits per heavy atom. The van der Waals surface area contributed by atoms with Crippen molar-refractivity contribution < 1.29 is 42.6 Å². The highest BCUT2D eigenvalue weighted by atomic mass is 32.1. The Morgan fingerprint density at radius 3 is 2.25 bits per heavy atom. The van der Waals surface area contributed by atoms with Crippen LogP contribution in [0.2, 0.25) is 0 Å². The molecule has 0 saturated carbocycles. The maximum atomic E-state index is 14.1. The molecule has 2 aromatic heterocycles.